The first kappa shape index (κ1) is 17.8. The largest absolute Gasteiger partial charge is 0.453 e. The number of nitrogens with zero attached hydrogens (tertiary/aromatic N) is 3. The summed E-state index contributed by atoms with van der Waals surface area (Å²) >= 11 is 5.92. The van der Waals surface area contributed by atoms with Gasteiger partial charge in [-0.25, -0.2) is 9.07 Å². The van der Waals surface area contributed by atoms with Crippen LogP contribution in [0.5, 0.6) is 0 Å². The highest BCUT2D eigenvalue weighted by molar-refractivity contribution is 6.30. The maximum atomic E-state index is 13.2. The predicted molar refractivity (Wildman–Crippen MR) is 92.0 cm³/mol. The van der Waals surface area contributed by atoms with E-state index in [1.54, 1.807) is 36.4 Å². The van der Waals surface area contributed by atoms with Crippen molar-refractivity contribution in [1.29, 1.82) is 0 Å². The van der Waals surface area contributed by atoms with Gasteiger partial charge >= 0.3 is 6.18 Å². The molecule has 2 heterocycles. The van der Waals surface area contributed by atoms with Crippen molar-refractivity contribution in [3.63, 3.8) is 0 Å². The van der Waals surface area contributed by atoms with Gasteiger partial charge in [0.05, 0.1) is 12.1 Å². The molecule has 1 aliphatic rings. The summed E-state index contributed by atoms with van der Waals surface area (Å²) in [5.41, 5.74) is 1.51. The van der Waals surface area contributed by atoms with Crippen LogP contribution in [-0.4, -0.2) is 14.8 Å². The number of aromatic nitrogens is 3. The Kier molecular flexibility index (Phi) is 4.30. The Hall–Kier alpha value is -2.61. The van der Waals surface area contributed by atoms with Crippen molar-refractivity contribution in [2.45, 2.75) is 24.7 Å². The van der Waals surface area contributed by atoms with Gasteiger partial charge in [-0.05, 0) is 41.8 Å². The molecule has 1 N–H and O–H groups in total. The smallest absolute Gasteiger partial charge is 0.348 e. The van der Waals surface area contributed by atoms with E-state index < -0.39 is 18.0 Å². The van der Waals surface area contributed by atoms with Crippen molar-refractivity contribution < 1.29 is 17.6 Å². The molecule has 9 heteroatoms. The van der Waals surface area contributed by atoms with Crippen molar-refractivity contribution in [2.24, 2.45) is 0 Å². The number of hydrogen-bond acceptors (Lipinski definition) is 3. The summed E-state index contributed by atoms with van der Waals surface area (Å²) in [4.78, 5) is 3.62. The maximum absolute atomic E-state index is 13.2. The molecular weight excluding hydrogens is 384 g/mol. The molecule has 0 saturated heterocycles. The van der Waals surface area contributed by atoms with E-state index in [9.17, 15) is 17.6 Å². The highest BCUT2D eigenvalue weighted by Crippen LogP contribution is 2.39. The number of alkyl halides is 3. The SMILES string of the molecule is Fc1ccc([C@@H]2C[C@H](c3ccc(Cl)cc3)n3nc(C(F)(F)F)nc3N2)cc1. The number of rotatable bonds is 2. The van der Waals surface area contributed by atoms with Crippen LogP contribution in [0.1, 0.15) is 35.5 Å². The third kappa shape index (κ3) is 3.49. The number of nitrogens with one attached hydrogen (secondary N) is 1. The highest BCUT2D eigenvalue weighted by atomic mass is 35.5. The van der Waals surface area contributed by atoms with E-state index in [2.05, 4.69) is 15.4 Å². The molecule has 1 aliphatic heterocycles. The number of benzene rings is 2. The minimum absolute atomic E-state index is 0.0165. The summed E-state index contributed by atoms with van der Waals surface area (Å²) in [5.74, 6) is -1.57. The molecule has 4 nitrogen and oxygen atoms in total. The molecule has 2 atom stereocenters. The Bertz CT molecular complexity index is 951. The molecule has 27 heavy (non-hydrogen) atoms. The molecule has 0 saturated carbocycles. The van der Waals surface area contributed by atoms with Gasteiger partial charge in [0, 0.05) is 5.02 Å². The first-order chi connectivity index (χ1) is 12.8. The zero-order chi connectivity index (χ0) is 19.2. The number of hydrogen-bond donors (Lipinski definition) is 1. The first-order valence-electron chi connectivity index (χ1n) is 8.12. The summed E-state index contributed by atoms with van der Waals surface area (Å²) < 4.78 is 53.8. The lowest BCUT2D eigenvalue weighted by molar-refractivity contribution is -0.145. The normalized spacial score (nSPS) is 19.4. The lowest BCUT2D eigenvalue weighted by atomic mass is 9.93. The standard InChI is InChI=1S/C18H13ClF4N4/c19-12-5-1-11(2-6-12)15-9-14(10-3-7-13(20)8-4-10)24-17-25-16(18(21,22)23)26-27(15)17/h1-8,14-15H,9H2,(H,24,25,26)/t14-,15+/m0/s1. The summed E-state index contributed by atoms with van der Waals surface area (Å²) in [5, 5.41) is 7.17. The summed E-state index contributed by atoms with van der Waals surface area (Å²) in [6, 6.07) is 11.9. The summed E-state index contributed by atoms with van der Waals surface area (Å²) in [7, 11) is 0. The van der Waals surface area contributed by atoms with E-state index in [1.807, 2.05) is 0 Å². The van der Waals surface area contributed by atoms with Crippen LogP contribution in [0.25, 0.3) is 0 Å². The molecule has 140 valence electrons. The lowest BCUT2D eigenvalue weighted by Crippen LogP contribution is -2.28. The molecule has 0 amide bonds. The average Bonchev–Trinajstić information content (AvgIpc) is 3.07. The number of halogens is 5. The molecule has 2 aromatic carbocycles. The Labute approximate surface area is 156 Å². The molecule has 0 radical (unpaired) electrons. The zero-order valence-corrected chi connectivity index (χ0v) is 14.5. The molecule has 0 aliphatic carbocycles. The van der Waals surface area contributed by atoms with Crippen molar-refractivity contribution in [1.82, 2.24) is 14.8 Å². The van der Waals surface area contributed by atoms with Crippen LogP contribution in [-0.2, 0) is 6.18 Å². The first-order valence-corrected chi connectivity index (χ1v) is 8.50. The third-order valence-corrected chi connectivity index (χ3v) is 4.72. The fraction of sp³-hybridized carbons (Fsp3) is 0.222. The van der Waals surface area contributed by atoms with Gasteiger partial charge in [0.2, 0.25) is 5.95 Å². The molecule has 1 aromatic heterocycles. The van der Waals surface area contributed by atoms with Crippen molar-refractivity contribution in [3.8, 4) is 0 Å². The molecule has 0 bridgehead atoms. The van der Waals surface area contributed by atoms with E-state index in [0.29, 0.717) is 11.4 Å². The van der Waals surface area contributed by atoms with E-state index in [4.69, 9.17) is 11.6 Å². The van der Waals surface area contributed by atoms with Crippen molar-refractivity contribution in [3.05, 3.63) is 76.3 Å². The Morgan fingerprint density at radius 2 is 1.63 bits per heavy atom. The van der Waals surface area contributed by atoms with E-state index in [1.165, 1.54) is 16.8 Å². The number of fused-ring (bicyclic) bond motifs is 1. The summed E-state index contributed by atoms with van der Waals surface area (Å²) in [6.45, 7) is 0. The van der Waals surface area contributed by atoms with Gasteiger partial charge in [-0.15, -0.1) is 5.10 Å². The average molecular weight is 397 g/mol. The number of anilines is 1. The Balaban J connectivity index is 1.78. The van der Waals surface area contributed by atoms with Crippen LogP contribution in [0.2, 0.25) is 5.02 Å². The molecule has 4 rings (SSSR count). The van der Waals surface area contributed by atoms with Gasteiger partial charge in [-0.3, -0.25) is 0 Å². The third-order valence-electron chi connectivity index (χ3n) is 4.47. The van der Waals surface area contributed by atoms with Crippen LogP contribution in [0, 0.1) is 5.82 Å². The monoisotopic (exact) mass is 396 g/mol. The topological polar surface area (TPSA) is 42.7 Å². The van der Waals surface area contributed by atoms with E-state index in [0.717, 1.165) is 11.1 Å². The fourth-order valence-corrected chi connectivity index (χ4v) is 3.30. The minimum Gasteiger partial charge on any atom is -0.348 e. The quantitative estimate of drug-likeness (QED) is 0.603. The second-order valence-electron chi connectivity index (χ2n) is 6.25. The fourth-order valence-electron chi connectivity index (χ4n) is 3.17. The van der Waals surface area contributed by atoms with Gasteiger partial charge in [-0.1, -0.05) is 35.9 Å². The lowest BCUT2D eigenvalue weighted by Gasteiger charge is -2.31. The van der Waals surface area contributed by atoms with Crippen LogP contribution >= 0.6 is 11.6 Å². The van der Waals surface area contributed by atoms with Gasteiger partial charge in [-0.2, -0.15) is 18.2 Å². The molecule has 3 aromatic rings. The van der Waals surface area contributed by atoms with Gasteiger partial charge in [0.1, 0.15) is 5.82 Å². The zero-order valence-electron chi connectivity index (χ0n) is 13.7. The van der Waals surface area contributed by atoms with Crippen LogP contribution < -0.4 is 5.32 Å². The van der Waals surface area contributed by atoms with E-state index in [-0.39, 0.29) is 17.8 Å². The second kappa shape index (κ2) is 6.53. The van der Waals surface area contributed by atoms with Gasteiger partial charge < -0.3 is 5.32 Å². The van der Waals surface area contributed by atoms with Gasteiger partial charge in [0.25, 0.3) is 5.82 Å². The Morgan fingerprint density at radius 1 is 1.00 bits per heavy atom. The molecule has 0 spiro atoms. The molecule has 0 fully saturated rings. The van der Waals surface area contributed by atoms with E-state index >= 15 is 0 Å². The summed E-state index contributed by atoms with van der Waals surface area (Å²) in [6.07, 6.45) is -4.23. The van der Waals surface area contributed by atoms with Crippen molar-refractivity contribution in [2.75, 3.05) is 5.32 Å². The van der Waals surface area contributed by atoms with Gasteiger partial charge in [0.15, 0.2) is 0 Å². The van der Waals surface area contributed by atoms with Crippen LogP contribution in [0.15, 0.2) is 48.5 Å². The van der Waals surface area contributed by atoms with Crippen molar-refractivity contribution >= 4 is 17.5 Å². The Morgan fingerprint density at radius 3 is 2.26 bits per heavy atom. The van der Waals surface area contributed by atoms with Crippen LogP contribution in [0.4, 0.5) is 23.5 Å². The highest BCUT2D eigenvalue weighted by Gasteiger charge is 2.40. The molecule has 0 unspecified atom stereocenters. The minimum atomic E-state index is -4.65. The molecular formula is C18H13ClF4N4. The maximum Gasteiger partial charge on any atom is 0.453 e. The second-order valence-corrected chi connectivity index (χ2v) is 6.69. The van der Waals surface area contributed by atoms with Crippen LogP contribution in [0.3, 0.4) is 0 Å². The predicted octanol–water partition coefficient (Wildman–Crippen LogP) is 5.24.